The van der Waals surface area contributed by atoms with Crippen molar-refractivity contribution < 1.29 is 14.0 Å². The monoisotopic (exact) mass is 352 g/mol. The molecule has 1 saturated heterocycles. The van der Waals surface area contributed by atoms with Crippen molar-refractivity contribution in [3.05, 3.63) is 54.7 Å². The minimum atomic E-state index is -0.508. The molecule has 1 fully saturated rings. The Morgan fingerprint density at radius 3 is 2.73 bits per heavy atom. The van der Waals surface area contributed by atoms with Gasteiger partial charge in [0.15, 0.2) is 5.76 Å². The Morgan fingerprint density at radius 1 is 1.19 bits per heavy atom. The number of amides is 2. The van der Waals surface area contributed by atoms with E-state index in [0.717, 1.165) is 12.1 Å². The molecule has 3 heterocycles. The van der Waals surface area contributed by atoms with E-state index in [1.54, 1.807) is 41.3 Å². The summed E-state index contributed by atoms with van der Waals surface area (Å²) in [5.41, 5.74) is 1.42. The first-order chi connectivity index (χ1) is 12.7. The van der Waals surface area contributed by atoms with Gasteiger partial charge in [-0.3, -0.25) is 9.59 Å². The Bertz CT molecular complexity index is 889. The highest BCUT2D eigenvalue weighted by atomic mass is 16.3. The number of carbonyl (C=O) groups is 2. The molecule has 0 aliphatic carbocycles. The lowest BCUT2D eigenvalue weighted by Crippen LogP contribution is -2.43. The molecule has 2 aromatic heterocycles. The molecule has 1 aromatic carbocycles. The number of nitrogens with zero attached hydrogens (tertiary/aromatic N) is 5. The van der Waals surface area contributed by atoms with Crippen molar-refractivity contribution >= 4 is 17.5 Å². The van der Waals surface area contributed by atoms with Crippen LogP contribution in [0.2, 0.25) is 0 Å². The Kier molecular flexibility index (Phi) is 4.18. The third-order valence-electron chi connectivity index (χ3n) is 4.30. The van der Waals surface area contributed by atoms with Crippen LogP contribution in [0.3, 0.4) is 0 Å². The minimum Gasteiger partial charge on any atom is -0.459 e. The second kappa shape index (κ2) is 6.79. The average Bonchev–Trinajstić information content (AvgIpc) is 3.44. The molecule has 26 heavy (non-hydrogen) atoms. The fourth-order valence-electron chi connectivity index (χ4n) is 3.03. The SMILES string of the molecule is O=C(Nc1ccc(-n2cnnn2)cc1)[C@@H]1CCCN1C(=O)c1ccco1. The maximum absolute atomic E-state index is 12.6. The third-order valence-corrected chi connectivity index (χ3v) is 4.30. The van der Waals surface area contributed by atoms with Gasteiger partial charge in [-0.05, 0) is 59.7 Å². The van der Waals surface area contributed by atoms with E-state index in [0.29, 0.717) is 18.7 Å². The number of aromatic nitrogens is 4. The van der Waals surface area contributed by atoms with Crippen LogP contribution in [0.4, 0.5) is 5.69 Å². The molecule has 1 aliphatic rings. The predicted molar refractivity (Wildman–Crippen MR) is 90.6 cm³/mol. The van der Waals surface area contributed by atoms with Gasteiger partial charge in [0, 0.05) is 12.2 Å². The van der Waals surface area contributed by atoms with Gasteiger partial charge >= 0.3 is 0 Å². The van der Waals surface area contributed by atoms with Gasteiger partial charge in [-0.25, -0.2) is 4.68 Å². The van der Waals surface area contributed by atoms with Gasteiger partial charge in [-0.1, -0.05) is 0 Å². The lowest BCUT2D eigenvalue weighted by Gasteiger charge is -2.23. The van der Waals surface area contributed by atoms with Gasteiger partial charge in [-0.2, -0.15) is 0 Å². The number of anilines is 1. The van der Waals surface area contributed by atoms with E-state index in [9.17, 15) is 9.59 Å². The van der Waals surface area contributed by atoms with E-state index in [-0.39, 0.29) is 17.6 Å². The van der Waals surface area contributed by atoms with Crippen LogP contribution in [0.5, 0.6) is 0 Å². The summed E-state index contributed by atoms with van der Waals surface area (Å²) < 4.78 is 6.68. The Labute approximate surface area is 148 Å². The minimum absolute atomic E-state index is 0.211. The summed E-state index contributed by atoms with van der Waals surface area (Å²) in [5.74, 6) is -0.227. The van der Waals surface area contributed by atoms with Crippen LogP contribution in [0.1, 0.15) is 23.4 Å². The normalized spacial score (nSPS) is 16.6. The van der Waals surface area contributed by atoms with Crippen molar-refractivity contribution in [2.45, 2.75) is 18.9 Å². The van der Waals surface area contributed by atoms with Crippen LogP contribution in [-0.4, -0.2) is 49.5 Å². The molecule has 1 aliphatic heterocycles. The average molecular weight is 352 g/mol. The fourth-order valence-corrected chi connectivity index (χ4v) is 3.03. The summed E-state index contributed by atoms with van der Waals surface area (Å²) in [6.45, 7) is 0.538. The molecule has 132 valence electrons. The maximum atomic E-state index is 12.6. The van der Waals surface area contributed by atoms with Gasteiger partial charge in [0.1, 0.15) is 12.4 Å². The molecule has 9 nitrogen and oxygen atoms in total. The number of benzene rings is 1. The molecule has 1 N–H and O–H groups in total. The predicted octanol–water partition coefficient (Wildman–Crippen LogP) is 1.50. The quantitative estimate of drug-likeness (QED) is 0.763. The first kappa shape index (κ1) is 16.0. The zero-order chi connectivity index (χ0) is 17.9. The number of hydrogen-bond acceptors (Lipinski definition) is 6. The zero-order valence-electron chi connectivity index (χ0n) is 13.8. The smallest absolute Gasteiger partial charge is 0.290 e. The Balaban J connectivity index is 1.44. The molecule has 2 amide bonds. The van der Waals surface area contributed by atoms with Crippen molar-refractivity contribution in [2.24, 2.45) is 0 Å². The van der Waals surface area contributed by atoms with Crippen LogP contribution in [0, 0.1) is 0 Å². The summed E-state index contributed by atoms with van der Waals surface area (Å²) in [6, 6.07) is 9.88. The van der Waals surface area contributed by atoms with E-state index in [4.69, 9.17) is 4.42 Å². The highest BCUT2D eigenvalue weighted by Crippen LogP contribution is 2.22. The molecular formula is C17H16N6O3. The summed E-state index contributed by atoms with van der Waals surface area (Å²) in [4.78, 5) is 26.7. The van der Waals surface area contributed by atoms with Crippen molar-refractivity contribution in [1.82, 2.24) is 25.1 Å². The van der Waals surface area contributed by atoms with Gasteiger partial charge in [0.25, 0.3) is 5.91 Å². The lowest BCUT2D eigenvalue weighted by molar-refractivity contribution is -0.119. The van der Waals surface area contributed by atoms with Gasteiger partial charge in [0.05, 0.1) is 12.0 Å². The van der Waals surface area contributed by atoms with E-state index >= 15 is 0 Å². The number of hydrogen-bond donors (Lipinski definition) is 1. The highest BCUT2D eigenvalue weighted by molar-refractivity contribution is 6.00. The van der Waals surface area contributed by atoms with Gasteiger partial charge in [0.2, 0.25) is 5.91 Å². The molecule has 0 radical (unpaired) electrons. The summed E-state index contributed by atoms with van der Waals surface area (Å²) in [5, 5.41) is 13.8. The Morgan fingerprint density at radius 2 is 2.04 bits per heavy atom. The molecule has 4 rings (SSSR count). The molecule has 1 atom stereocenters. The number of tetrazole rings is 1. The van der Waals surface area contributed by atoms with Crippen molar-refractivity contribution in [3.8, 4) is 5.69 Å². The largest absolute Gasteiger partial charge is 0.459 e. The van der Waals surface area contributed by atoms with Crippen molar-refractivity contribution in [3.63, 3.8) is 0 Å². The molecule has 0 bridgehead atoms. The van der Waals surface area contributed by atoms with Crippen molar-refractivity contribution in [2.75, 3.05) is 11.9 Å². The van der Waals surface area contributed by atoms with E-state index in [1.807, 2.05) is 0 Å². The maximum Gasteiger partial charge on any atom is 0.290 e. The first-order valence-corrected chi connectivity index (χ1v) is 8.21. The first-order valence-electron chi connectivity index (χ1n) is 8.21. The molecule has 0 spiro atoms. The zero-order valence-corrected chi connectivity index (χ0v) is 13.8. The standard InChI is InChI=1S/C17H16N6O3/c24-16(14-3-1-9-22(14)17(25)15-4-2-10-26-15)19-12-5-7-13(8-6-12)23-11-18-20-21-23/h2,4-8,10-11,14H,1,3,9H2,(H,19,24)/t14-/m0/s1. The summed E-state index contributed by atoms with van der Waals surface area (Å²) in [7, 11) is 0. The van der Waals surface area contributed by atoms with E-state index in [2.05, 4.69) is 20.8 Å². The van der Waals surface area contributed by atoms with Crippen molar-refractivity contribution in [1.29, 1.82) is 0 Å². The molecule has 0 unspecified atom stereocenters. The lowest BCUT2D eigenvalue weighted by atomic mass is 10.2. The fraction of sp³-hybridized carbons (Fsp3) is 0.235. The number of carbonyl (C=O) groups excluding carboxylic acids is 2. The highest BCUT2D eigenvalue weighted by Gasteiger charge is 2.35. The van der Waals surface area contributed by atoms with E-state index in [1.165, 1.54) is 17.3 Å². The van der Waals surface area contributed by atoms with Crippen LogP contribution < -0.4 is 5.32 Å². The second-order valence-corrected chi connectivity index (χ2v) is 5.92. The Hall–Kier alpha value is -3.49. The van der Waals surface area contributed by atoms with Crippen LogP contribution in [0.15, 0.2) is 53.4 Å². The summed E-state index contributed by atoms with van der Waals surface area (Å²) >= 11 is 0. The molecular weight excluding hydrogens is 336 g/mol. The summed E-state index contributed by atoms with van der Waals surface area (Å²) in [6.07, 6.45) is 4.35. The van der Waals surface area contributed by atoms with Crippen LogP contribution >= 0.6 is 0 Å². The molecule has 9 heteroatoms. The van der Waals surface area contributed by atoms with E-state index < -0.39 is 6.04 Å². The molecule has 0 saturated carbocycles. The number of nitrogens with one attached hydrogen (secondary N) is 1. The number of rotatable bonds is 4. The topological polar surface area (TPSA) is 106 Å². The van der Waals surface area contributed by atoms with Crippen LogP contribution in [0.25, 0.3) is 5.69 Å². The van der Waals surface area contributed by atoms with Gasteiger partial charge in [-0.15, -0.1) is 5.10 Å². The number of furan rings is 1. The van der Waals surface area contributed by atoms with Crippen LogP contribution in [-0.2, 0) is 4.79 Å². The third kappa shape index (κ3) is 3.06. The number of likely N-dealkylation sites (tertiary alicyclic amines) is 1. The second-order valence-electron chi connectivity index (χ2n) is 5.92. The molecule has 3 aromatic rings. The van der Waals surface area contributed by atoms with Gasteiger partial charge < -0.3 is 14.6 Å².